The molecular formula is C17H15F3O. The minimum absolute atomic E-state index is 0.0698. The van der Waals surface area contributed by atoms with E-state index >= 15 is 0 Å². The molecule has 0 amide bonds. The van der Waals surface area contributed by atoms with Gasteiger partial charge in [-0.1, -0.05) is 24.3 Å². The summed E-state index contributed by atoms with van der Waals surface area (Å²) in [5.41, 5.74) is 1.73. The number of hydrogen-bond acceptors (Lipinski definition) is 1. The molecule has 0 spiro atoms. The molecule has 1 heterocycles. The molecule has 110 valence electrons. The predicted octanol–water partition coefficient (Wildman–Crippen LogP) is 4.66. The Morgan fingerprint density at radius 2 is 1.67 bits per heavy atom. The topological polar surface area (TPSA) is 9.23 Å². The van der Waals surface area contributed by atoms with Crippen molar-refractivity contribution in [3.63, 3.8) is 0 Å². The highest BCUT2D eigenvalue weighted by molar-refractivity contribution is 5.64. The lowest BCUT2D eigenvalue weighted by atomic mass is 9.92. The van der Waals surface area contributed by atoms with Gasteiger partial charge in [-0.2, -0.15) is 0 Å². The van der Waals surface area contributed by atoms with E-state index in [0.717, 1.165) is 31.1 Å². The van der Waals surface area contributed by atoms with Crippen LogP contribution in [0, 0.1) is 17.5 Å². The zero-order valence-electron chi connectivity index (χ0n) is 11.4. The van der Waals surface area contributed by atoms with Gasteiger partial charge in [-0.25, -0.2) is 13.2 Å². The van der Waals surface area contributed by atoms with E-state index in [2.05, 4.69) is 0 Å². The maximum atomic E-state index is 13.8. The summed E-state index contributed by atoms with van der Waals surface area (Å²) in [7, 11) is 0. The molecule has 2 aromatic carbocycles. The Kier molecular flexibility index (Phi) is 3.97. The Labute approximate surface area is 121 Å². The van der Waals surface area contributed by atoms with Crippen LogP contribution < -0.4 is 0 Å². The van der Waals surface area contributed by atoms with Crippen molar-refractivity contribution in [3.8, 4) is 11.1 Å². The first kappa shape index (κ1) is 14.1. The molecule has 1 unspecified atom stereocenters. The second-order valence-electron chi connectivity index (χ2n) is 5.26. The van der Waals surface area contributed by atoms with Crippen molar-refractivity contribution >= 4 is 0 Å². The van der Waals surface area contributed by atoms with Crippen LogP contribution in [0.5, 0.6) is 0 Å². The summed E-state index contributed by atoms with van der Waals surface area (Å²) < 4.78 is 45.5. The molecule has 0 bridgehead atoms. The van der Waals surface area contributed by atoms with Gasteiger partial charge in [-0.3, -0.25) is 0 Å². The Morgan fingerprint density at radius 3 is 2.33 bits per heavy atom. The fraction of sp³-hybridized carbons (Fsp3) is 0.294. The maximum Gasteiger partial charge on any atom is 0.195 e. The zero-order valence-corrected chi connectivity index (χ0v) is 11.4. The number of halogens is 3. The first-order valence-corrected chi connectivity index (χ1v) is 6.98. The Hall–Kier alpha value is -1.81. The van der Waals surface area contributed by atoms with E-state index in [9.17, 15) is 13.2 Å². The van der Waals surface area contributed by atoms with Crippen LogP contribution in [0.25, 0.3) is 11.1 Å². The molecule has 0 N–H and O–H groups in total. The second kappa shape index (κ2) is 5.90. The first-order valence-electron chi connectivity index (χ1n) is 6.98. The summed E-state index contributed by atoms with van der Waals surface area (Å²) in [6.07, 6.45) is 2.10. The molecule has 1 atom stereocenters. The molecule has 1 fully saturated rings. The molecule has 3 rings (SSSR count). The standard InChI is InChI=1S/C17H15F3O/c18-15-8-7-14(16(19)17(15)20)12-5-3-11(4-6-12)13-2-1-9-21-10-13/h3-8,13H,1-2,9-10H2. The summed E-state index contributed by atoms with van der Waals surface area (Å²) in [5, 5.41) is 0. The molecular weight excluding hydrogens is 277 g/mol. The van der Waals surface area contributed by atoms with E-state index in [1.165, 1.54) is 6.07 Å². The zero-order chi connectivity index (χ0) is 14.8. The van der Waals surface area contributed by atoms with E-state index in [4.69, 9.17) is 4.74 Å². The van der Waals surface area contributed by atoms with Crippen LogP contribution in [-0.4, -0.2) is 13.2 Å². The highest BCUT2D eigenvalue weighted by Gasteiger charge is 2.17. The molecule has 0 aliphatic carbocycles. The molecule has 2 aromatic rings. The summed E-state index contributed by atoms with van der Waals surface area (Å²) >= 11 is 0. The number of ether oxygens (including phenoxy) is 1. The van der Waals surface area contributed by atoms with Crippen molar-refractivity contribution in [2.45, 2.75) is 18.8 Å². The summed E-state index contributed by atoms with van der Waals surface area (Å²) in [6.45, 7) is 1.49. The molecule has 0 aromatic heterocycles. The lowest BCUT2D eigenvalue weighted by Gasteiger charge is -2.22. The van der Waals surface area contributed by atoms with Gasteiger partial charge < -0.3 is 4.74 Å². The molecule has 0 radical (unpaired) electrons. The number of rotatable bonds is 2. The van der Waals surface area contributed by atoms with Crippen LogP contribution in [0.2, 0.25) is 0 Å². The smallest absolute Gasteiger partial charge is 0.195 e. The van der Waals surface area contributed by atoms with Crippen LogP contribution in [-0.2, 0) is 4.74 Å². The highest BCUT2D eigenvalue weighted by atomic mass is 19.2. The Morgan fingerprint density at radius 1 is 0.905 bits per heavy atom. The quantitative estimate of drug-likeness (QED) is 0.731. The third-order valence-corrected chi connectivity index (χ3v) is 3.89. The average molecular weight is 292 g/mol. The van der Waals surface area contributed by atoms with Gasteiger partial charge >= 0.3 is 0 Å². The Balaban J connectivity index is 1.89. The first-order chi connectivity index (χ1) is 10.2. The second-order valence-corrected chi connectivity index (χ2v) is 5.26. The van der Waals surface area contributed by atoms with Crippen molar-refractivity contribution < 1.29 is 17.9 Å². The number of benzene rings is 2. The lowest BCUT2D eigenvalue weighted by Crippen LogP contribution is -2.15. The lowest BCUT2D eigenvalue weighted by molar-refractivity contribution is 0.0804. The third kappa shape index (κ3) is 2.81. The van der Waals surface area contributed by atoms with Crippen molar-refractivity contribution in [2.24, 2.45) is 0 Å². The van der Waals surface area contributed by atoms with E-state index in [-0.39, 0.29) is 5.56 Å². The van der Waals surface area contributed by atoms with Gasteiger partial charge in [0, 0.05) is 18.1 Å². The fourth-order valence-corrected chi connectivity index (χ4v) is 2.69. The van der Waals surface area contributed by atoms with Crippen molar-refractivity contribution in [1.82, 2.24) is 0 Å². The van der Waals surface area contributed by atoms with Gasteiger partial charge in [0.1, 0.15) is 0 Å². The molecule has 1 aliphatic rings. The molecule has 1 nitrogen and oxygen atoms in total. The average Bonchev–Trinajstić information content (AvgIpc) is 2.54. The highest BCUT2D eigenvalue weighted by Crippen LogP contribution is 2.30. The molecule has 21 heavy (non-hydrogen) atoms. The minimum Gasteiger partial charge on any atom is -0.381 e. The van der Waals surface area contributed by atoms with E-state index in [0.29, 0.717) is 18.1 Å². The van der Waals surface area contributed by atoms with Crippen LogP contribution in [0.15, 0.2) is 36.4 Å². The monoisotopic (exact) mass is 292 g/mol. The third-order valence-electron chi connectivity index (χ3n) is 3.89. The van der Waals surface area contributed by atoms with Crippen molar-refractivity contribution in [2.75, 3.05) is 13.2 Å². The number of hydrogen-bond donors (Lipinski definition) is 0. The van der Waals surface area contributed by atoms with Crippen LogP contribution in [0.3, 0.4) is 0 Å². The van der Waals surface area contributed by atoms with E-state index in [1.807, 2.05) is 12.1 Å². The van der Waals surface area contributed by atoms with Gasteiger partial charge in [0.25, 0.3) is 0 Å². The largest absolute Gasteiger partial charge is 0.381 e. The van der Waals surface area contributed by atoms with E-state index < -0.39 is 17.5 Å². The molecule has 1 saturated heterocycles. The predicted molar refractivity (Wildman–Crippen MR) is 74.5 cm³/mol. The maximum absolute atomic E-state index is 13.8. The molecule has 4 heteroatoms. The molecule has 0 saturated carbocycles. The summed E-state index contributed by atoms with van der Waals surface area (Å²) in [6, 6.07) is 9.47. The van der Waals surface area contributed by atoms with Gasteiger partial charge in [0.05, 0.1) is 6.61 Å². The van der Waals surface area contributed by atoms with Crippen molar-refractivity contribution in [3.05, 3.63) is 59.4 Å². The van der Waals surface area contributed by atoms with Crippen molar-refractivity contribution in [1.29, 1.82) is 0 Å². The van der Waals surface area contributed by atoms with Crippen LogP contribution >= 0.6 is 0 Å². The fourth-order valence-electron chi connectivity index (χ4n) is 2.69. The normalized spacial score (nSPS) is 18.7. The van der Waals surface area contributed by atoms with Gasteiger partial charge in [-0.05, 0) is 36.1 Å². The Bertz CT molecular complexity index is 631. The summed E-state index contributed by atoms with van der Waals surface area (Å²) in [4.78, 5) is 0. The SMILES string of the molecule is Fc1ccc(-c2ccc(C3CCCOC3)cc2)c(F)c1F. The van der Waals surface area contributed by atoms with E-state index in [1.54, 1.807) is 12.1 Å². The minimum atomic E-state index is -1.43. The van der Waals surface area contributed by atoms with Gasteiger partial charge in [0.2, 0.25) is 0 Å². The van der Waals surface area contributed by atoms with Crippen LogP contribution in [0.1, 0.15) is 24.3 Å². The summed E-state index contributed by atoms with van der Waals surface area (Å²) in [5.74, 6) is -3.41. The molecule has 1 aliphatic heterocycles. The van der Waals surface area contributed by atoms with Gasteiger partial charge in [-0.15, -0.1) is 0 Å². The van der Waals surface area contributed by atoms with Gasteiger partial charge in [0.15, 0.2) is 17.5 Å². The van der Waals surface area contributed by atoms with Crippen LogP contribution in [0.4, 0.5) is 13.2 Å².